The molecule has 0 bridgehead atoms. The standard InChI is InChI=1S/C5H9ClOS/c1-3-4(8-2)5(6)7/h4H,3H2,1-2H3. The van der Waals surface area contributed by atoms with Crippen LogP contribution < -0.4 is 0 Å². The molecule has 0 N–H and O–H groups in total. The highest BCUT2D eigenvalue weighted by atomic mass is 35.5. The Morgan fingerprint density at radius 1 is 1.88 bits per heavy atom. The van der Waals surface area contributed by atoms with Gasteiger partial charge in [-0.1, -0.05) is 6.92 Å². The Morgan fingerprint density at radius 3 is 2.38 bits per heavy atom. The van der Waals surface area contributed by atoms with E-state index in [1.54, 1.807) is 0 Å². The van der Waals surface area contributed by atoms with Crippen LogP contribution in [0.4, 0.5) is 0 Å². The highest BCUT2D eigenvalue weighted by molar-refractivity contribution is 8.00. The van der Waals surface area contributed by atoms with Gasteiger partial charge in [-0.25, -0.2) is 0 Å². The number of carbonyl (C=O) groups excluding carboxylic acids is 1. The van der Waals surface area contributed by atoms with Gasteiger partial charge in [0.25, 0.3) is 0 Å². The molecule has 3 heteroatoms. The molecule has 0 aliphatic carbocycles. The highest BCUT2D eigenvalue weighted by Crippen LogP contribution is 2.12. The molecule has 1 atom stereocenters. The van der Waals surface area contributed by atoms with Gasteiger partial charge in [-0.2, -0.15) is 11.8 Å². The number of hydrogen-bond acceptors (Lipinski definition) is 2. The van der Waals surface area contributed by atoms with Crippen molar-refractivity contribution in [3.05, 3.63) is 0 Å². The second kappa shape index (κ2) is 4.21. The van der Waals surface area contributed by atoms with Crippen molar-refractivity contribution in [3.63, 3.8) is 0 Å². The van der Waals surface area contributed by atoms with Crippen molar-refractivity contribution in [2.24, 2.45) is 0 Å². The van der Waals surface area contributed by atoms with Gasteiger partial charge >= 0.3 is 0 Å². The van der Waals surface area contributed by atoms with Crippen molar-refractivity contribution in [2.45, 2.75) is 18.6 Å². The lowest BCUT2D eigenvalue weighted by atomic mass is 10.4. The fourth-order valence-corrected chi connectivity index (χ4v) is 1.36. The van der Waals surface area contributed by atoms with Crippen LogP contribution in [0.15, 0.2) is 0 Å². The van der Waals surface area contributed by atoms with Gasteiger partial charge in [0.15, 0.2) is 0 Å². The average Bonchev–Trinajstić information content (AvgIpc) is 1.69. The van der Waals surface area contributed by atoms with Crippen molar-refractivity contribution >= 4 is 28.6 Å². The maximum absolute atomic E-state index is 10.4. The average molecular weight is 153 g/mol. The fraction of sp³-hybridized carbons (Fsp3) is 0.800. The monoisotopic (exact) mass is 152 g/mol. The summed E-state index contributed by atoms with van der Waals surface area (Å²) in [6, 6.07) is 0. The minimum Gasteiger partial charge on any atom is -0.280 e. The van der Waals surface area contributed by atoms with Gasteiger partial charge in [0.2, 0.25) is 5.24 Å². The van der Waals surface area contributed by atoms with Gasteiger partial charge in [-0.3, -0.25) is 4.79 Å². The molecule has 0 aliphatic heterocycles. The highest BCUT2D eigenvalue weighted by Gasteiger charge is 2.10. The second-order valence-electron chi connectivity index (χ2n) is 1.44. The van der Waals surface area contributed by atoms with E-state index in [0.717, 1.165) is 6.42 Å². The molecule has 0 aliphatic rings. The Morgan fingerprint density at radius 2 is 2.38 bits per heavy atom. The molecule has 1 nitrogen and oxygen atoms in total. The molecule has 0 saturated heterocycles. The summed E-state index contributed by atoms with van der Waals surface area (Å²) in [5.74, 6) is 0. The van der Waals surface area contributed by atoms with Crippen molar-refractivity contribution < 1.29 is 4.79 Å². The van der Waals surface area contributed by atoms with Crippen LogP contribution in [0, 0.1) is 0 Å². The number of thioether (sulfide) groups is 1. The molecule has 0 aromatic carbocycles. The van der Waals surface area contributed by atoms with Gasteiger partial charge < -0.3 is 0 Å². The first-order valence-corrected chi connectivity index (χ1v) is 4.11. The molecule has 0 fully saturated rings. The summed E-state index contributed by atoms with van der Waals surface area (Å²) in [5, 5.41) is -0.239. The molecular weight excluding hydrogens is 144 g/mol. The zero-order valence-corrected chi connectivity index (χ0v) is 6.55. The van der Waals surface area contributed by atoms with Crippen molar-refractivity contribution in [3.8, 4) is 0 Å². The zero-order valence-electron chi connectivity index (χ0n) is 4.98. The Hall–Kier alpha value is 0.310. The number of hydrogen-bond donors (Lipinski definition) is 0. The van der Waals surface area contributed by atoms with Crippen LogP contribution in [0.5, 0.6) is 0 Å². The van der Waals surface area contributed by atoms with Crippen LogP contribution in [0.25, 0.3) is 0 Å². The molecule has 0 heterocycles. The predicted octanol–water partition coefficient (Wildman–Crippen LogP) is 1.89. The molecule has 0 spiro atoms. The summed E-state index contributed by atoms with van der Waals surface area (Å²) < 4.78 is 0. The molecule has 0 saturated carbocycles. The molecule has 0 aromatic heterocycles. The lowest BCUT2D eigenvalue weighted by Gasteiger charge is -2.02. The SMILES string of the molecule is CCC(SC)C(=O)Cl. The predicted molar refractivity (Wildman–Crippen MR) is 38.5 cm³/mol. The minimum absolute atomic E-state index is 0.00309. The lowest BCUT2D eigenvalue weighted by molar-refractivity contribution is -0.111. The molecule has 0 aromatic rings. The van der Waals surface area contributed by atoms with Gasteiger partial charge in [0.05, 0.1) is 5.25 Å². The molecular formula is C5H9ClOS. The van der Waals surface area contributed by atoms with Crippen LogP contribution in [-0.2, 0) is 4.79 Å². The molecule has 48 valence electrons. The second-order valence-corrected chi connectivity index (χ2v) is 2.85. The van der Waals surface area contributed by atoms with E-state index >= 15 is 0 Å². The number of halogens is 1. The molecule has 1 unspecified atom stereocenters. The van der Waals surface area contributed by atoms with Crippen LogP contribution in [-0.4, -0.2) is 16.7 Å². The van der Waals surface area contributed by atoms with E-state index < -0.39 is 0 Å². The molecule has 8 heavy (non-hydrogen) atoms. The van der Waals surface area contributed by atoms with E-state index in [2.05, 4.69) is 0 Å². The summed E-state index contributed by atoms with van der Waals surface area (Å²) in [5.41, 5.74) is 0. The number of carbonyl (C=O) groups is 1. The summed E-state index contributed by atoms with van der Waals surface area (Å²) >= 11 is 6.68. The third-order valence-corrected chi connectivity index (χ3v) is 2.42. The summed E-state index contributed by atoms with van der Waals surface area (Å²) in [7, 11) is 0. The minimum atomic E-state index is -0.236. The third-order valence-electron chi connectivity index (χ3n) is 0.908. The van der Waals surface area contributed by atoms with Crippen molar-refractivity contribution in [1.29, 1.82) is 0 Å². The third kappa shape index (κ3) is 2.58. The fourth-order valence-electron chi connectivity index (χ4n) is 0.420. The number of rotatable bonds is 3. The van der Waals surface area contributed by atoms with Crippen LogP contribution >= 0.6 is 23.4 Å². The summed E-state index contributed by atoms with van der Waals surface area (Å²) in [6.07, 6.45) is 2.71. The van der Waals surface area contributed by atoms with Crippen LogP contribution in [0.2, 0.25) is 0 Å². The molecule has 0 radical (unpaired) electrons. The maximum Gasteiger partial charge on any atom is 0.234 e. The van der Waals surface area contributed by atoms with E-state index in [-0.39, 0.29) is 10.5 Å². The van der Waals surface area contributed by atoms with E-state index in [0.29, 0.717) is 0 Å². The summed E-state index contributed by atoms with van der Waals surface area (Å²) in [4.78, 5) is 10.4. The first-order valence-electron chi connectivity index (χ1n) is 2.44. The quantitative estimate of drug-likeness (QED) is 0.575. The van der Waals surface area contributed by atoms with E-state index in [9.17, 15) is 4.79 Å². The van der Waals surface area contributed by atoms with Gasteiger partial charge in [-0.05, 0) is 24.3 Å². The van der Waals surface area contributed by atoms with Crippen molar-refractivity contribution in [1.82, 2.24) is 0 Å². The Bertz CT molecular complexity index is 80.5. The normalized spacial score (nSPS) is 13.4. The maximum atomic E-state index is 10.4. The Labute approximate surface area is 58.8 Å². The topological polar surface area (TPSA) is 17.1 Å². The largest absolute Gasteiger partial charge is 0.280 e. The van der Waals surface area contributed by atoms with Crippen molar-refractivity contribution in [2.75, 3.05) is 6.26 Å². The van der Waals surface area contributed by atoms with E-state index in [1.807, 2.05) is 13.2 Å². The van der Waals surface area contributed by atoms with Gasteiger partial charge in [-0.15, -0.1) is 0 Å². The smallest absolute Gasteiger partial charge is 0.234 e. The lowest BCUT2D eigenvalue weighted by Crippen LogP contribution is -2.08. The zero-order chi connectivity index (χ0) is 6.57. The first-order chi connectivity index (χ1) is 3.72. The van der Waals surface area contributed by atoms with E-state index in [1.165, 1.54) is 11.8 Å². The molecule has 0 amide bonds. The Balaban J connectivity index is 3.52. The van der Waals surface area contributed by atoms with Gasteiger partial charge in [0.1, 0.15) is 0 Å². The first kappa shape index (κ1) is 8.31. The Kier molecular flexibility index (Phi) is 4.38. The molecule has 0 rings (SSSR count). The van der Waals surface area contributed by atoms with E-state index in [4.69, 9.17) is 11.6 Å². The van der Waals surface area contributed by atoms with Crippen LogP contribution in [0.1, 0.15) is 13.3 Å². The summed E-state index contributed by atoms with van der Waals surface area (Å²) in [6.45, 7) is 1.95. The van der Waals surface area contributed by atoms with Crippen LogP contribution in [0.3, 0.4) is 0 Å². The van der Waals surface area contributed by atoms with Gasteiger partial charge in [0, 0.05) is 0 Å².